The van der Waals surface area contributed by atoms with E-state index in [1.54, 1.807) is 20.8 Å². The molecule has 108 valence electrons. The number of carbonyl (C=O) groups is 2. The molecule has 1 aliphatic carbocycles. The third kappa shape index (κ3) is 6.96. The van der Waals surface area contributed by atoms with Gasteiger partial charge in [0.2, 0.25) is 0 Å². The average Bonchev–Trinajstić information content (AvgIpc) is 2.27. The van der Waals surface area contributed by atoms with Gasteiger partial charge in [-0.15, -0.1) is 0 Å². The van der Waals surface area contributed by atoms with Crippen LogP contribution in [-0.2, 0) is 19.1 Å². The zero-order valence-corrected chi connectivity index (χ0v) is 11.7. The third-order valence-corrected chi connectivity index (χ3v) is 2.69. The molecule has 0 amide bonds. The van der Waals surface area contributed by atoms with Crippen LogP contribution in [-0.4, -0.2) is 34.9 Å². The van der Waals surface area contributed by atoms with Gasteiger partial charge in [0.15, 0.2) is 0 Å². The van der Waals surface area contributed by atoms with Crippen LogP contribution < -0.4 is 0 Å². The number of ether oxygens (including phenoxy) is 2. The summed E-state index contributed by atoms with van der Waals surface area (Å²) in [6, 6.07) is 0. The van der Waals surface area contributed by atoms with Gasteiger partial charge in [-0.25, -0.2) is 9.59 Å². The molecule has 0 heterocycles. The van der Waals surface area contributed by atoms with Gasteiger partial charge in [-0.3, -0.25) is 0 Å². The fourth-order valence-corrected chi connectivity index (χ4v) is 1.84. The Morgan fingerprint density at radius 1 is 1.05 bits per heavy atom. The summed E-state index contributed by atoms with van der Waals surface area (Å²) >= 11 is 0. The van der Waals surface area contributed by atoms with E-state index in [1.807, 2.05) is 0 Å². The highest BCUT2D eigenvalue weighted by Gasteiger charge is 2.22. The summed E-state index contributed by atoms with van der Waals surface area (Å²) in [5.74, 6) is -1.12. The molecule has 0 unspecified atom stereocenters. The fraction of sp³-hybridized carbons (Fsp3) is 0.714. The minimum absolute atomic E-state index is 0.167. The van der Waals surface area contributed by atoms with E-state index < -0.39 is 17.5 Å². The number of rotatable bonds is 3. The molecule has 5 heteroatoms. The molecule has 0 saturated heterocycles. The lowest BCUT2D eigenvalue weighted by atomic mass is 9.95. The van der Waals surface area contributed by atoms with Gasteiger partial charge in [0.05, 0.1) is 6.10 Å². The highest BCUT2D eigenvalue weighted by Crippen LogP contribution is 2.21. The van der Waals surface area contributed by atoms with Gasteiger partial charge in [0.1, 0.15) is 11.7 Å². The lowest BCUT2D eigenvalue weighted by molar-refractivity contribution is -0.150. The van der Waals surface area contributed by atoms with Gasteiger partial charge in [-0.1, -0.05) is 0 Å². The fourth-order valence-electron chi connectivity index (χ4n) is 1.84. The lowest BCUT2D eigenvalue weighted by Crippen LogP contribution is -2.26. The molecule has 0 spiro atoms. The molecule has 1 rings (SSSR count). The molecule has 1 aliphatic rings. The van der Waals surface area contributed by atoms with Crippen LogP contribution in [0.2, 0.25) is 0 Å². The van der Waals surface area contributed by atoms with Gasteiger partial charge in [0.25, 0.3) is 0 Å². The molecule has 0 aromatic heterocycles. The second kappa shape index (κ2) is 6.70. The van der Waals surface area contributed by atoms with Crippen molar-refractivity contribution in [2.24, 2.45) is 0 Å². The molecule has 5 nitrogen and oxygen atoms in total. The summed E-state index contributed by atoms with van der Waals surface area (Å²) in [4.78, 5) is 22.8. The number of carbonyl (C=O) groups excluding carboxylic acids is 2. The minimum Gasteiger partial charge on any atom is -0.459 e. The number of hydrogen-bond donors (Lipinski definition) is 1. The van der Waals surface area contributed by atoms with Crippen LogP contribution in [0.25, 0.3) is 0 Å². The predicted octanol–water partition coefficient (Wildman–Crippen LogP) is 1.73. The monoisotopic (exact) mass is 270 g/mol. The van der Waals surface area contributed by atoms with Crippen molar-refractivity contribution in [1.82, 2.24) is 0 Å². The van der Waals surface area contributed by atoms with Gasteiger partial charge in [0, 0.05) is 12.2 Å². The van der Waals surface area contributed by atoms with E-state index in [0.29, 0.717) is 25.7 Å². The van der Waals surface area contributed by atoms with E-state index >= 15 is 0 Å². The largest absolute Gasteiger partial charge is 0.459 e. The van der Waals surface area contributed by atoms with Gasteiger partial charge in [-0.2, -0.15) is 0 Å². The third-order valence-electron chi connectivity index (χ3n) is 2.69. The standard InChI is InChI=1S/C14H22O5/c1-14(2,3)19-13(17)9-8-12(16)18-11-6-4-10(15)5-7-11/h8-11,15H,4-7H2,1-3H3/b9-8+/t10-,11+. The maximum atomic E-state index is 11.5. The quantitative estimate of drug-likeness (QED) is 0.624. The molecule has 0 aromatic rings. The van der Waals surface area contributed by atoms with Crippen LogP contribution >= 0.6 is 0 Å². The van der Waals surface area contributed by atoms with E-state index in [1.165, 1.54) is 0 Å². The molecule has 0 bridgehead atoms. The lowest BCUT2D eigenvalue weighted by Gasteiger charge is -2.24. The Bertz CT molecular complexity index is 345. The Hall–Kier alpha value is -1.36. The SMILES string of the molecule is CC(C)(C)OC(=O)/C=C/C(=O)O[C@H]1CC[C@@H](O)CC1. The summed E-state index contributed by atoms with van der Waals surface area (Å²) in [7, 11) is 0. The number of esters is 2. The van der Waals surface area contributed by atoms with Crippen molar-refractivity contribution in [2.45, 2.75) is 64.3 Å². The van der Waals surface area contributed by atoms with E-state index in [4.69, 9.17) is 9.47 Å². The summed E-state index contributed by atoms with van der Waals surface area (Å²) in [5.41, 5.74) is -0.579. The van der Waals surface area contributed by atoms with Crippen LogP contribution in [0.5, 0.6) is 0 Å². The highest BCUT2D eigenvalue weighted by atomic mass is 16.6. The molecular weight excluding hydrogens is 248 g/mol. The van der Waals surface area contributed by atoms with E-state index in [-0.39, 0.29) is 12.2 Å². The van der Waals surface area contributed by atoms with Crippen LogP contribution in [0.15, 0.2) is 12.2 Å². The molecule has 0 atom stereocenters. The van der Waals surface area contributed by atoms with Crippen molar-refractivity contribution in [3.63, 3.8) is 0 Å². The number of hydrogen-bond acceptors (Lipinski definition) is 5. The Kier molecular flexibility index (Phi) is 5.54. The first-order valence-electron chi connectivity index (χ1n) is 6.56. The summed E-state index contributed by atoms with van der Waals surface area (Å²) in [5, 5.41) is 9.33. The first-order chi connectivity index (χ1) is 8.76. The number of aliphatic hydroxyl groups excluding tert-OH is 1. The molecule has 19 heavy (non-hydrogen) atoms. The normalized spacial score (nSPS) is 24.2. The minimum atomic E-state index is -0.579. The van der Waals surface area contributed by atoms with Crippen LogP contribution in [0.4, 0.5) is 0 Å². The Morgan fingerprint density at radius 2 is 1.58 bits per heavy atom. The number of aliphatic hydroxyl groups is 1. The van der Waals surface area contributed by atoms with E-state index in [9.17, 15) is 14.7 Å². The van der Waals surface area contributed by atoms with Crippen molar-refractivity contribution in [2.75, 3.05) is 0 Å². The topological polar surface area (TPSA) is 72.8 Å². The zero-order chi connectivity index (χ0) is 14.5. The van der Waals surface area contributed by atoms with Gasteiger partial charge < -0.3 is 14.6 Å². The summed E-state index contributed by atoms with van der Waals surface area (Å²) in [6.45, 7) is 5.26. The predicted molar refractivity (Wildman–Crippen MR) is 69.3 cm³/mol. The Balaban J connectivity index is 2.32. The zero-order valence-electron chi connectivity index (χ0n) is 11.7. The molecule has 0 radical (unpaired) electrons. The molecule has 1 N–H and O–H groups in total. The average molecular weight is 270 g/mol. The maximum Gasteiger partial charge on any atom is 0.331 e. The van der Waals surface area contributed by atoms with Crippen LogP contribution in [0.1, 0.15) is 46.5 Å². The summed E-state index contributed by atoms with van der Waals surface area (Å²) < 4.78 is 10.2. The summed E-state index contributed by atoms with van der Waals surface area (Å²) in [6.07, 6.45) is 4.32. The van der Waals surface area contributed by atoms with Crippen molar-refractivity contribution in [3.05, 3.63) is 12.2 Å². The first-order valence-corrected chi connectivity index (χ1v) is 6.56. The van der Waals surface area contributed by atoms with Crippen LogP contribution in [0.3, 0.4) is 0 Å². The molecule has 0 aromatic carbocycles. The Morgan fingerprint density at radius 3 is 2.11 bits per heavy atom. The Labute approximate surface area is 113 Å². The van der Waals surface area contributed by atoms with Crippen molar-refractivity contribution in [3.8, 4) is 0 Å². The first kappa shape index (κ1) is 15.7. The van der Waals surface area contributed by atoms with Crippen molar-refractivity contribution < 1.29 is 24.2 Å². The van der Waals surface area contributed by atoms with Crippen molar-refractivity contribution in [1.29, 1.82) is 0 Å². The van der Waals surface area contributed by atoms with Crippen molar-refractivity contribution >= 4 is 11.9 Å². The van der Waals surface area contributed by atoms with E-state index in [2.05, 4.69) is 0 Å². The molecule has 0 aliphatic heterocycles. The second-order valence-corrected chi connectivity index (χ2v) is 5.73. The van der Waals surface area contributed by atoms with Crippen LogP contribution in [0, 0.1) is 0 Å². The van der Waals surface area contributed by atoms with Gasteiger partial charge in [-0.05, 0) is 46.5 Å². The second-order valence-electron chi connectivity index (χ2n) is 5.73. The van der Waals surface area contributed by atoms with E-state index in [0.717, 1.165) is 12.2 Å². The highest BCUT2D eigenvalue weighted by molar-refractivity contribution is 5.91. The molecule has 1 saturated carbocycles. The maximum absolute atomic E-state index is 11.5. The smallest absolute Gasteiger partial charge is 0.331 e. The molecular formula is C14H22O5. The van der Waals surface area contributed by atoms with Gasteiger partial charge >= 0.3 is 11.9 Å². The molecule has 1 fully saturated rings.